The summed E-state index contributed by atoms with van der Waals surface area (Å²) in [6, 6.07) is 6.14. The minimum atomic E-state index is 1.11. The zero-order valence-corrected chi connectivity index (χ0v) is 7.39. The average molecular weight is 164 g/mol. The third-order valence-electron chi connectivity index (χ3n) is 1.78. The van der Waals surface area contributed by atoms with E-state index in [0.717, 1.165) is 5.69 Å². The largest absolute Gasteiger partial charge is 0.253 e. The minimum absolute atomic E-state index is 1.11. The van der Waals surface area contributed by atoms with Gasteiger partial charge in [-0.15, -0.1) is 0 Å². The highest BCUT2D eigenvalue weighted by Gasteiger charge is 2.00. The fourth-order valence-electron chi connectivity index (χ4n) is 1.16. The first-order chi connectivity index (χ1) is 5.75. The van der Waals surface area contributed by atoms with Crippen molar-refractivity contribution in [3.63, 3.8) is 0 Å². The van der Waals surface area contributed by atoms with E-state index in [-0.39, 0.29) is 0 Å². The van der Waals surface area contributed by atoms with Gasteiger partial charge in [-0.2, -0.15) is 5.84 Å². The van der Waals surface area contributed by atoms with Gasteiger partial charge < -0.3 is 0 Å². The second-order valence-electron chi connectivity index (χ2n) is 2.72. The first-order valence-electron chi connectivity index (χ1n) is 3.86. The Bertz CT molecular complexity index is 272. The predicted octanol–water partition coefficient (Wildman–Crippen LogP) is -0.493. The van der Waals surface area contributed by atoms with Crippen LogP contribution in [-0.2, 0) is 0 Å². The summed E-state index contributed by atoms with van der Waals surface area (Å²) in [5, 5.41) is 0. The van der Waals surface area contributed by atoms with Crippen molar-refractivity contribution in [2.75, 3.05) is 0 Å². The van der Waals surface area contributed by atoms with Crippen LogP contribution >= 0.6 is 0 Å². The van der Waals surface area contributed by atoms with Gasteiger partial charge in [0, 0.05) is 0 Å². The van der Waals surface area contributed by atoms with Crippen molar-refractivity contribution in [3.05, 3.63) is 29.3 Å². The molecule has 0 bridgehead atoms. The molecular weight excluding hydrogens is 150 g/mol. The topological polar surface area (TPSA) is 52.0 Å². The second-order valence-corrected chi connectivity index (χ2v) is 2.72. The molecule has 0 saturated heterocycles. The molecule has 3 nitrogen and oxygen atoms in total. The van der Waals surface area contributed by atoms with Crippen LogP contribution in [0.25, 0.3) is 0 Å². The Hall–Kier alpha value is -1.35. The molecule has 0 aliphatic rings. The number of benzene rings is 1. The lowest BCUT2D eigenvalue weighted by atomic mass is 10.1. The van der Waals surface area contributed by atoms with Crippen LogP contribution in [0.5, 0.6) is 0 Å². The van der Waals surface area contributed by atoms with E-state index in [1.165, 1.54) is 11.1 Å². The highest BCUT2D eigenvalue weighted by molar-refractivity contribution is 5.52. The number of para-hydroxylation sites is 1. The molecule has 0 aliphatic carbocycles. The lowest BCUT2D eigenvalue weighted by molar-refractivity contribution is -0.351. The molecule has 0 amide bonds. The van der Waals surface area contributed by atoms with Gasteiger partial charge in [0.25, 0.3) is 6.34 Å². The molecule has 0 aliphatic heterocycles. The highest BCUT2D eigenvalue weighted by atomic mass is 15.2. The van der Waals surface area contributed by atoms with E-state index in [4.69, 9.17) is 5.84 Å². The first kappa shape index (κ1) is 8.74. The molecular formula is C9H14N3+. The average Bonchev–Trinajstić information content (AvgIpc) is 2.04. The van der Waals surface area contributed by atoms with E-state index in [9.17, 15) is 0 Å². The molecule has 0 unspecified atom stereocenters. The molecule has 0 fully saturated rings. The van der Waals surface area contributed by atoms with Gasteiger partial charge in [-0.3, -0.25) is 0 Å². The molecule has 1 aromatic carbocycles. The maximum Gasteiger partial charge on any atom is 0.253 e. The fourth-order valence-corrected chi connectivity index (χ4v) is 1.16. The quantitative estimate of drug-likeness (QED) is 0.239. The monoisotopic (exact) mass is 164 g/mol. The summed E-state index contributed by atoms with van der Waals surface area (Å²) in [5.74, 6) is 5.11. The van der Waals surface area contributed by atoms with Gasteiger partial charge in [-0.05, 0) is 25.0 Å². The molecule has 1 rings (SSSR count). The van der Waals surface area contributed by atoms with Gasteiger partial charge >= 0.3 is 0 Å². The summed E-state index contributed by atoms with van der Waals surface area (Å²) in [7, 11) is 0. The van der Waals surface area contributed by atoms with Crippen LogP contribution in [0, 0.1) is 13.8 Å². The van der Waals surface area contributed by atoms with E-state index >= 15 is 0 Å². The third-order valence-corrected chi connectivity index (χ3v) is 1.78. The highest BCUT2D eigenvalue weighted by Crippen LogP contribution is 2.12. The van der Waals surface area contributed by atoms with Crippen LogP contribution in [-0.4, -0.2) is 6.34 Å². The maximum absolute atomic E-state index is 5.11. The van der Waals surface area contributed by atoms with E-state index in [1.54, 1.807) is 6.34 Å². The second kappa shape index (κ2) is 3.88. The first-order valence-corrected chi connectivity index (χ1v) is 3.86. The number of hydrazine groups is 1. The van der Waals surface area contributed by atoms with Gasteiger partial charge in [-0.25, -0.2) is 10.4 Å². The Kier molecular flexibility index (Phi) is 2.82. The standard InChI is InChI=1S/C9H13N3/c1-7-4-3-5-8(2)9(7)11-6-12-10/h3-6H,10H2,1-2H3,(H,11,12)/p+1. The summed E-state index contributed by atoms with van der Waals surface area (Å²) < 4.78 is 0. The molecule has 0 atom stereocenters. The number of nitrogens with one attached hydrogen (secondary N) is 2. The van der Waals surface area contributed by atoms with E-state index in [1.807, 2.05) is 6.07 Å². The molecule has 64 valence electrons. The fraction of sp³-hybridized carbons (Fsp3) is 0.222. The van der Waals surface area contributed by atoms with Crippen LogP contribution in [0.1, 0.15) is 11.1 Å². The Balaban J connectivity index is 3.04. The summed E-state index contributed by atoms with van der Waals surface area (Å²) >= 11 is 0. The summed E-state index contributed by atoms with van der Waals surface area (Å²) in [6.45, 7) is 4.11. The molecule has 0 heterocycles. The molecule has 0 spiro atoms. The van der Waals surface area contributed by atoms with Crippen molar-refractivity contribution in [2.45, 2.75) is 13.8 Å². The molecule has 0 saturated carbocycles. The Labute approximate surface area is 72.3 Å². The van der Waals surface area contributed by atoms with Crippen molar-refractivity contribution >= 4 is 12.0 Å². The maximum atomic E-state index is 5.11. The van der Waals surface area contributed by atoms with Crippen molar-refractivity contribution < 1.29 is 4.99 Å². The predicted molar refractivity (Wildman–Crippen MR) is 49.9 cm³/mol. The van der Waals surface area contributed by atoms with Gasteiger partial charge in [0.05, 0.1) is 0 Å². The lowest BCUT2D eigenvalue weighted by Crippen LogP contribution is -2.66. The van der Waals surface area contributed by atoms with Crippen LogP contribution < -0.4 is 16.3 Å². The Morgan fingerprint density at radius 3 is 2.42 bits per heavy atom. The number of rotatable bonds is 2. The summed E-state index contributed by atoms with van der Waals surface area (Å²) in [5.41, 5.74) is 5.96. The van der Waals surface area contributed by atoms with Gasteiger partial charge in [-0.1, -0.05) is 18.2 Å². The molecule has 0 radical (unpaired) electrons. The van der Waals surface area contributed by atoms with Crippen molar-refractivity contribution in [3.8, 4) is 0 Å². The SMILES string of the molecule is Cc1cccc(C)c1[NH+]=CNN. The smallest absolute Gasteiger partial charge is 0.246 e. The molecule has 3 heteroatoms. The van der Waals surface area contributed by atoms with Gasteiger partial charge in [0.1, 0.15) is 5.69 Å². The van der Waals surface area contributed by atoms with Crippen LogP contribution in [0.2, 0.25) is 0 Å². The zero-order valence-electron chi connectivity index (χ0n) is 7.39. The van der Waals surface area contributed by atoms with Crippen molar-refractivity contribution in [1.29, 1.82) is 0 Å². The normalized spacial score (nSPS) is 10.6. The summed E-state index contributed by atoms with van der Waals surface area (Å²) in [4.78, 5) is 3.07. The van der Waals surface area contributed by atoms with E-state index in [0.29, 0.717) is 0 Å². The number of aryl methyl sites for hydroxylation is 2. The molecule has 0 aromatic heterocycles. The van der Waals surface area contributed by atoms with Crippen LogP contribution in [0.15, 0.2) is 18.2 Å². The van der Waals surface area contributed by atoms with Crippen molar-refractivity contribution in [1.82, 2.24) is 5.43 Å². The van der Waals surface area contributed by atoms with Crippen molar-refractivity contribution in [2.24, 2.45) is 5.84 Å². The van der Waals surface area contributed by atoms with Crippen LogP contribution in [0.3, 0.4) is 0 Å². The molecule has 1 aromatic rings. The van der Waals surface area contributed by atoms with Gasteiger partial charge in [0.2, 0.25) is 0 Å². The lowest BCUT2D eigenvalue weighted by Gasteiger charge is -1.99. The Morgan fingerprint density at radius 2 is 1.92 bits per heavy atom. The van der Waals surface area contributed by atoms with E-state index in [2.05, 4.69) is 36.4 Å². The third kappa shape index (κ3) is 1.83. The Morgan fingerprint density at radius 1 is 1.33 bits per heavy atom. The zero-order chi connectivity index (χ0) is 8.97. The van der Waals surface area contributed by atoms with Gasteiger partial charge in [0.15, 0.2) is 0 Å². The molecule has 12 heavy (non-hydrogen) atoms. The van der Waals surface area contributed by atoms with E-state index < -0.39 is 0 Å². The summed E-state index contributed by atoms with van der Waals surface area (Å²) in [6.07, 6.45) is 1.61. The van der Waals surface area contributed by atoms with Crippen LogP contribution in [0.4, 0.5) is 5.69 Å². The number of hydrogen-bond acceptors (Lipinski definition) is 1. The minimum Gasteiger partial charge on any atom is -0.246 e. The number of nitrogens with two attached hydrogens (primary N) is 1. The molecule has 4 N–H and O–H groups in total. The number of hydrogen-bond donors (Lipinski definition) is 3.